The first-order valence-corrected chi connectivity index (χ1v) is 6.32. The zero-order chi connectivity index (χ0) is 14.8. The van der Waals surface area contributed by atoms with Crippen molar-refractivity contribution in [3.8, 4) is 0 Å². The van der Waals surface area contributed by atoms with Crippen molar-refractivity contribution in [3.63, 3.8) is 0 Å². The van der Waals surface area contributed by atoms with Gasteiger partial charge in [0.25, 0.3) is 5.91 Å². The second kappa shape index (κ2) is 5.34. The zero-order valence-electron chi connectivity index (χ0n) is 11.0. The van der Waals surface area contributed by atoms with Crippen molar-refractivity contribution >= 4 is 16.8 Å². The monoisotopic (exact) mass is 285 g/mol. The van der Waals surface area contributed by atoms with Crippen molar-refractivity contribution in [1.29, 1.82) is 0 Å². The molecule has 1 aromatic heterocycles. The van der Waals surface area contributed by atoms with Crippen LogP contribution >= 0.6 is 0 Å². The summed E-state index contributed by atoms with van der Waals surface area (Å²) in [6.07, 6.45) is 1.54. The van der Waals surface area contributed by atoms with E-state index in [1.807, 2.05) is 30.3 Å². The fourth-order valence-electron chi connectivity index (χ4n) is 2.21. The van der Waals surface area contributed by atoms with E-state index in [1.165, 1.54) is 17.6 Å². The van der Waals surface area contributed by atoms with Crippen LogP contribution in [0.3, 0.4) is 0 Å². The molecule has 106 valence electrons. The Balaban J connectivity index is 2.06. The molecule has 0 saturated carbocycles. The third-order valence-electron chi connectivity index (χ3n) is 3.25. The summed E-state index contributed by atoms with van der Waals surface area (Å²) in [5, 5.41) is 13.5. The second-order valence-electron chi connectivity index (χ2n) is 4.62. The number of hydrogen-bond donors (Lipinski definition) is 2. The number of nitrogens with one attached hydrogen (secondary N) is 1. The minimum absolute atomic E-state index is 0.222. The minimum Gasteiger partial charge on any atom is -0.288 e. The average Bonchev–Trinajstić information content (AvgIpc) is 2.88. The van der Waals surface area contributed by atoms with Gasteiger partial charge in [0.05, 0.1) is 23.8 Å². The third-order valence-corrected chi connectivity index (χ3v) is 3.25. The number of hydrogen-bond acceptors (Lipinski definition) is 3. The van der Waals surface area contributed by atoms with Gasteiger partial charge < -0.3 is 0 Å². The standard InChI is InChI=1S/C15H12FN3O2/c16-13-6-11-8-17-19(9-10-4-2-1-3-5-10)14(11)7-12(13)15(20)18-21/h1-8,21H,9H2,(H,18,20). The molecule has 0 aliphatic heterocycles. The largest absolute Gasteiger partial charge is 0.288 e. The van der Waals surface area contributed by atoms with Gasteiger partial charge in [-0.05, 0) is 17.7 Å². The molecule has 0 bridgehead atoms. The normalized spacial score (nSPS) is 10.8. The van der Waals surface area contributed by atoms with Gasteiger partial charge in [-0.15, -0.1) is 0 Å². The number of benzene rings is 2. The van der Waals surface area contributed by atoms with Crippen LogP contribution in [0.1, 0.15) is 15.9 Å². The van der Waals surface area contributed by atoms with Crippen molar-refractivity contribution in [2.24, 2.45) is 0 Å². The molecule has 3 aromatic rings. The quantitative estimate of drug-likeness (QED) is 0.573. The summed E-state index contributed by atoms with van der Waals surface area (Å²) in [6, 6.07) is 12.3. The number of nitrogens with zero attached hydrogens (tertiary/aromatic N) is 2. The molecule has 2 aromatic carbocycles. The number of rotatable bonds is 3. The number of hydroxylamine groups is 1. The number of amides is 1. The molecular formula is C15H12FN3O2. The minimum atomic E-state index is -0.887. The SMILES string of the molecule is O=C(NO)c1cc2c(cnn2Cc2ccccc2)cc1F. The van der Waals surface area contributed by atoms with Crippen molar-refractivity contribution in [3.05, 3.63) is 65.6 Å². The molecule has 6 heteroatoms. The average molecular weight is 285 g/mol. The van der Waals surface area contributed by atoms with E-state index in [0.29, 0.717) is 17.4 Å². The smallest absolute Gasteiger partial charge is 0.277 e. The first kappa shape index (κ1) is 13.3. The van der Waals surface area contributed by atoms with Crippen molar-refractivity contribution in [2.45, 2.75) is 6.54 Å². The summed E-state index contributed by atoms with van der Waals surface area (Å²) in [7, 11) is 0. The lowest BCUT2D eigenvalue weighted by atomic mass is 10.1. The Morgan fingerprint density at radius 1 is 1.29 bits per heavy atom. The maximum Gasteiger partial charge on any atom is 0.277 e. The lowest BCUT2D eigenvalue weighted by molar-refractivity contribution is 0.0702. The molecule has 0 fully saturated rings. The number of aromatic nitrogens is 2. The Labute approximate surface area is 119 Å². The molecule has 1 amide bonds. The van der Waals surface area contributed by atoms with E-state index in [2.05, 4.69) is 5.10 Å². The van der Waals surface area contributed by atoms with Gasteiger partial charge in [-0.1, -0.05) is 30.3 Å². The van der Waals surface area contributed by atoms with E-state index in [4.69, 9.17) is 5.21 Å². The van der Waals surface area contributed by atoms with Gasteiger partial charge in [0.1, 0.15) is 5.82 Å². The summed E-state index contributed by atoms with van der Waals surface area (Å²) >= 11 is 0. The van der Waals surface area contributed by atoms with E-state index in [1.54, 1.807) is 10.9 Å². The molecule has 21 heavy (non-hydrogen) atoms. The Bertz CT molecular complexity index is 799. The molecule has 2 N–H and O–H groups in total. The molecule has 0 aliphatic carbocycles. The van der Waals surface area contributed by atoms with Gasteiger partial charge in [0.15, 0.2) is 0 Å². The van der Waals surface area contributed by atoms with Crippen molar-refractivity contribution in [1.82, 2.24) is 15.3 Å². The van der Waals surface area contributed by atoms with E-state index >= 15 is 0 Å². The lowest BCUT2D eigenvalue weighted by Gasteiger charge is -2.06. The second-order valence-corrected chi connectivity index (χ2v) is 4.62. The van der Waals surface area contributed by atoms with Gasteiger partial charge in [-0.25, -0.2) is 9.87 Å². The molecule has 0 aliphatic rings. The molecule has 0 spiro atoms. The van der Waals surface area contributed by atoms with Gasteiger partial charge in [0.2, 0.25) is 0 Å². The van der Waals surface area contributed by atoms with Crippen LogP contribution in [-0.2, 0) is 6.54 Å². The first-order valence-electron chi connectivity index (χ1n) is 6.32. The van der Waals surface area contributed by atoms with Crippen LogP contribution in [0.15, 0.2) is 48.7 Å². The highest BCUT2D eigenvalue weighted by molar-refractivity contribution is 5.97. The van der Waals surface area contributed by atoms with E-state index in [0.717, 1.165) is 5.56 Å². The summed E-state index contributed by atoms with van der Waals surface area (Å²) < 4.78 is 15.5. The molecule has 1 heterocycles. The van der Waals surface area contributed by atoms with Crippen LogP contribution in [-0.4, -0.2) is 20.9 Å². The van der Waals surface area contributed by atoms with Crippen LogP contribution in [0.4, 0.5) is 4.39 Å². The Hall–Kier alpha value is -2.73. The number of carbonyl (C=O) groups excluding carboxylic acids is 1. The highest BCUT2D eigenvalue weighted by Crippen LogP contribution is 2.20. The highest BCUT2D eigenvalue weighted by atomic mass is 19.1. The van der Waals surface area contributed by atoms with E-state index in [9.17, 15) is 9.18 Å². The molecular weight excluding hydrogens is 273 g/mol. The first-order chi connectivity index (χ1) is 10.2. The molecule has 0 atom stereocenters. The summed E-state index contributed by atoms with van der Waals surface area (Å²) in [4.78, 5) is 11.4. The fraction of sp³-hybridized carbons (Fsp3) is 0.0667. The molecule has 0 saturated heterocycles. The number of halogens is 1. The number of carbonyl (C=O) groups is 1. The maximum atomic E-state index is 13.8. The van der Waals surface area contributed by atoms with Crippen LogP contribution in [0.25, 0.3) is 10.9 Å². The topological polar surface area (TPSA) is 67.2 Å². The molecule has 5 nitrogen and oxygen atoms in total. The van der Waals surface area contributed by atoms with Gasteiger partial charge in [-0.2, -0.15) is 5.10 Å². The van der Waals surface area contributed by atoms with Gasteiger partial charge in [0, 0.05) is 5.39 Å². The van der Waals surface area contributed by atoms with E-state index in [-0.39, 0.29) is 5.56 Å². The zero-order valence-corrected chi connectivity index (χ0v) is 11.0. The van der Waals surface area contributed by atoms with Crippen LogP contribution in [0, 0.1) is 5.82 Å². The number of fused-ring (bicyclic) bond motifs is 1. The van der Waals surface area contributed by atoms with Crippen LogP contribution < -0.4 is 5.48 Å². The maximum absolute atomic E-state index is 13.8. The Kier molecular flexibility index (Phi) is 3.37. The molecule has 0 unspecified atom stereocenters. The predicted molar refractivity (Wildman–Crippen MR) is 74.5 cm³/mol. The third kappa shape index (κ3) is 2.48. The van der Waals surface area contributed by atoms with Gasteiger partial charge in [-0.3, -0.25) is 14.7 Å². The fourth-order valence-corrected chi connectivity index (χ4v) is 2.21. The van der Waals surface area contributed by atoms with Crippen LogP contribution in [0.2, 0.25) is 0 Å². The van der Waals surface area contributed by atoms with Crippen molar-refractivity contribution in [2.75, 3.05) is 0 Å². The Morgan fingerprint density at radius 2 is 2.05 bits per heavy atom. The predicted octanol–water partition coefficient (Wildman–Crippen LogP) is 2.34. The Morgan fingerprint density at radius 3 is 2.76 bits per heavy atom. The summed E-state index contributed by atoms with van der Waals surface area (Å²) in [5.41, 5.74) is 2.88. The van der Waals surface area contributed by atoms with Gasteiger partial charge >= 0.3 is 0 Å². The van der Waals surface area contributed by atoms with Crippen molar-refractivity contribution < 1.29 is 14.4 Å². The molecule has 3 rings (SSSR count). The summed E-state index contributed by atoms with van der Waals surface area (Å²) in [5.74, 6) is -1.59. The molecule has 0 radical (unpaired) electrons. The van der Waals surface area contributed by atoms with Crippen LogP contribution in [0.5, 0.6) is 0 Å². The van der Waals surface area contributed by atoms with E-state index < -0.39 is 11.7 Å². The highest BCUT2D eigenvalue weighted by Gasteiger charge is 2.14. The lowest BCUT2D eigenvalue weighted by Crippen LogP contribution is -2.20. The summed E-state index contributed by atoms with van der Waals surface area (Å²) in [6.45, 7) is 0.510.